The Labute approximate surface area is 136 Å². The van der Waals surface area contributed by atoms with Gasteiger partial charge >= 0.3 is 6.09 Å². The molecule has 2 rings (SSSR count). The van der Waals surface area contributed by atoms with Crippen LogP contribution in [-0.4, -0.2) is 23.4 Å². The summed E-state index contributed by atoms with van der Waals surface area (Å²) >= 11 is 6.37. The molecular weight excluding hydrogens is 302 g/mol. The van der Waals surface area contributed by atoms with Crippen molar-refractivity contribution in [2.24, 2.45) is 5.41 Å². The first kappa shape index (κ1) is 17.1. The van der Waals surface area contributed by atoms with Gasteiger partial charge in [-0.15, -0.1) is 0 Å². The quantitative estimate of drug-likeness (QED) is 0.868. The molecular formula is C17H24ClNO3. The number of nitrogens with one attached hydrogen (secondary N) is 1. The highest BCUT2D eigenvalue weighted by Crippen LogP contribution is 2.65. The van der Waals surface area contributed by atoms with Gasteiger partial charge in [0.15, 0.2) is 0 Å². The molecule has 0 aromatic heterocycles. The minimum Gasteiger partial charge on any atom is -0.444 e. The van der Waals surface area contributed by atoms with Gasteiger partial charge in [0, 0.05) is 16.1 Å². The molecule has 1 aliphatic carbocycles. The molecule has 1 aromatic carbocycles. The van der Waals surface area contributed by atoms with Crippen LogP contribution in [0.1, 0.15) is 46.6 Å². The van der Waals surface area contributed by atoms with Crippen LogP contribution in [0.25, 0.3) is 0 Å². The molecule has 0 aliphatic heterocycles. The van der Waals surface area contributed by atoms with E-state index >= 15 is 0 Å². The lowest BCUT2D eigenvalue weighted by molar-refractivity contribution is 0.0636. The lowest BCUT2D eigenvalue weighted by Gasteiger charge is -2.22. The molecule has 122 valence electrons. The summed E-state index contributed by atoms with van der Waals surface area (Å²) in [5, 5.41) is 13.0. The third kappa shape index (κ3) is 3.23. The van der Waals surface area contributed by atoms with Crippen LogP contribution >= 0.6 is 11.6 Å². The first-order chi connectivity index (χ1) is 10.0. The standard InChI is InChI=1S/C17H24ClNO3/c1-15(2,3)22-14(21)19-11-6-7-12(13(18)8-11)17(10-20)9-16(17,4)5/h6-8,20H,9-10H2,1-5H3,(H,19,21). The zero-order chi connectivity index (χ0) is 16.8. The number of benzene rings is 1. The Morgan fingerprint density at radius 1 is 1.41 bits per heavy atom. The number of hydrogen-bond acceptors (Lipinski definition) is 3. The van der Waals surface area contributed by atoms with Crippen molar-refractivity contribution in [3.8, 4) is 0 Å². The van der Waals surface area contributed by atoms with E-state index in [1.807, 2.05) is 26.8 Å². The second kappa shape index (κ2) is 5.43. The predicted octanol–water partition coefficient (Wildman–Crippen LogP) is 4.35. The van der Waals surface area contributed by atoms with Crippen molar-refractivity contribution in [1.82, 2.24) is 0 Å². The second-order valence-electron chi connectivity index (χ2n) is 7.62. The Bertz CT molecular complexity index is 592. The molecule has 22 heavy (non-hydrogen) atoms. The summed E-state index contributed by atoms with van der Waals surface area (Å²) < 4.78 is 5.21. The van der Waals surface area contributed by atoms with Crippen molar-refractivity contribution in [2.45, 2.75) is 52.1 Å². The molecule has 1 saturated carbocycles. The van der Waals surface area contributed by atoms with E-state index in [1.165, 1.54) is 0 Å². The van der Waals surface area contributed by atoms with Gasteiger partial charge in [-0.25, -0.2) is 4.79 Å². The van der Waals surface area contributed by atoms with Gasteiger partial charge in [-0.3, -0.25) is 5.32 Å². The molecule has 1 fully saturated rings. The molecule has 0 bridgehead atoms. The normalized spacial score (nSPS) is 23.0. The number of hydrogen-bond donors (Lipinski definition) is 2. The van der Waals surface area contributed by atoms with E-state index in [4.69, 9.17) is 16.3 Å². The van der Waals surface area contributed by atoms with E-state index in [0.29, 0.717) is 10.7 Å². The fourth-order valence-corrected chi connectivity index (χ4v) is 3.29. The van der Waals surface area contributed by atoms with Crippen LogP contribution in [-0.2, 0) is 10.2 Å². The smallest absolute Gasteiger partial charge is 0.412 e. The van der Waals surface area contributed by atoms with Crippen molar-refractivity contribution in [3.63, 3.8) is 0 Å². The van der Waals surface area contributed by atoms with Crippen molar-refractivity contribution in [1.29, 1.82) is 0 Å². The zero-order valence-electron chi connectivity index (χ0n) is 13.8. The van der Waals surface area contributed by atoms with Crippen LogP contribution in [0, 0.1) is 5.41 Å². The van der Waals surface area contributed by atoms with E-state index in [1.54, 1.807) is 12.1 Å². The van der Waals surface area contributed by atoms with Crippen LogP contribution in [0.4, 0.5) is 10.5 Å². The van der Waals surface area contributed by atoms with E-state index < -0.39 is 11.7 Å². The summed E-state index contributed by atoms with van der Waals surface area (Å²) in [7, 11) is 0. The minimum atomic E-state index is -0.549. The average molecular weight is 326 g/mol. The molecule has 0 saturated heterocycles. The van der Waals surface area contributed by atoms with Crippen molar-refractivity contribution < 1.29 is 14.6 Å². The number of amides is 1. The summed E-state index contributed by atoms with van der Waals surface area (Å²) in [6.07, 6.45) is 0.384. The van der Waals surface area contributed by atoms with Crippen LogP contribution < -0.4 is 5.32 Å². The molecule has 1 atom stereocenters. The Morgan fingerprint density at radius 3 is 2.41 bits per heavy atom. The first-order valence-electron chi connectivity index (χ1n) is 7.42. The highest BCUT2D eigenvalue weighted by molar-refractivity contribution is 6.32. The molecule has 0 radical (unpaired) electrons. The predicted molar refractivity (Wildman–Crippen MR) is 88.5 cm³/mol. The van der Waals surface area contributed by atoms with Crippen LogP contribution in [0.5, 0.6) is 0 Å². The maximum atomic E-state index is 11.8. The van der Waals surface area contributed by atoms with Crippen LogP contribution in [0.2, 0.25) is 5.02 Å². The van der Waals surface area contributed by atoms with Gasteiger partial charge in [-0.2, -0.15) is 0 Å². The topological polar surface area (TPSA) is 58.6 Å². The average Bonchev–Trinajstić information content (AvgIpc) is 2.90. The number of halogens is 1. The van der Waals surface area contributed by atoms with E-state index in [0.717, 1.165) is 12.0 Å². The number of aliphatic hydroxyl groups is 1. The molecule has 1 aliphatic rings. The SMILES string of the molecule is CC(C)(C)OC(=O)Nc1ccc(C2(CO)CC2(C)C)c(Cl)c1. The van der Waals surface area contributed by atoms with Gasteiger partial charge < -0.3 is 9.84 Å². The largest absolute Gasteiger partial charge is 0.444 e. The summed E-state index contributed by atoms with van der Waals surface area (Å²) in [6, 6.07) is 5.36. The molecule has 1 aromatic rings. The van der Waals surface area contributed by atoms with Crippen LogP contribution in [0.15, 0.2) is 18.2 Å². The molecule has 1 unspecified atom stereocenters. The lowest BCUT2D eigenvalue weighted by Crippen LogP contribution is -2.27. The van der Waals surface area contributed by atoms with Crippen molar-refractivity contribution in [3.05, 3.63) is 28.8 Å². The Morgan fingerprint density at radius 2 is 2.00 bits per heavy atom. The second-order valence-corrected chi connectivity index (χ2v) is 8.03. The van der Waals surface area contributed by atoms with Crippen molar-refractivity contribution >= 4 is 23.4 Å². The highest BCUT2D eigenvalue weighted by Gasteiger charge is 2.62. The van der Waals surface area contributed by atoms with Gasteiger partial charge in [0.25, 0.3) is 0 Å². The Hall–Kier alpha value is -1.26. The van der Waals surface area contributed by atoms with Gasteiger partial charge in [0.1, 0.15) is 5.60 Å². The Balaban J connectivity index is 2.16. The molecule has 0 spiro atoms. The van der Waals surface area contributed by atoms with Crippen molar-refractivity contribution in [2.75, 3.05) is 11.9 Å². The monoisotopic (exact) mass is 325 g/mol. The Kier molecular flexibility index (Phi) is 4.22. The lowest BCUT2D eigenvalue weighted by atomic mass is 9.88. The summed E-state index contributed by atoms with van der Waals surface area (Å²) in [4.78, 5) is 11.8. The highest BCUT2D eigenvalue weighted by atomic mass is 35.5. The van der Waals surface area contributed by atoms with E-state index in [-0.39, 0.29) is 17.4 Å². The first-order valence-corrected chi connectivity index (χ1v) is 7.79. The number of rotatable bonds is 3. The fraction of sp³-hybridized carbons (Fsp3) is 0.588. The maximum absolute atomic E-state index is 11.8. The van der Waals surface area contributed by atoms with Gasteiger partial charge in [-0.05, 0) is 50.3 Å². The van der Waals surface area contributed by atoms with Gasteiger partial charge in [0.2, 0.25) is 0 Å². The number of aliphatic hydroxyl groups excluding tert-OH is 1. The minimum absolute atomic E-state index is 0.0332. The summed E-state index contributed by atoms with van der Waals surface area (Å²) in [5.41, 5.74) is 0.707. The van der Waals surface area contributed by atoms with E-state index in [9.17, 15) is 9.90 Å². The molecule has 4 nitrogen and oxygen atoms in total. The number of ether oxygens (including phenoxy) is 1. The maximum Gasteiger partial charge on any atom is 0.412 e. The van der Waals surface area contributed by atoms with E-state index in [2.05, 4.69) is 19.2 Å². The molecule has 2 N–H and O–H groups in total. The molecule has 5 heteroatoms. The third-order valence-electron chi connectivity index (χ3n) is 4.31. The molecule has 1 amide bonds. The molecule has 0 heterocycles. The van der Waals surface area contributed by atoms with Crippen LogP contribution in [0.3, 0.4) is 0 Å². The zero-order valence-corrected chi connectivity index (χ0v) is 14.5. The number of anilines is 1. The van der Waals surface area contributed by atoms with Gasteiger partial charge in [-0.1, -0.05) is 31.5 Å². The number of carbonyl (C=O) groups excluding carboxylic acids is 1. The summed E-state index contributed by atoms with van der Waals surface area (Å²) in [6.45, 7) is 9.73. The number of carbonyl (C=O) groups is 1. The van der Waals surface area contributed by atoms with Gasteiger partial charge in [0.05, 0.1) is 6.61 Å². The summed E-state index contributed by atoms with van der Waals surface area (Å²) in [5.74, 6) is 0. The third-order valence-corrected chi connectivity index (χ3v) is 4.63. The fourth-order valence-electron chi connectivity index (χ4n) is 2.93.